The Hall–Kier alpha value is -2.10. The number of aromatic nitrogens is 1. The van der Waals surface area contributed by atoms with Gasteiger partial charge in [0.2, 0.25) is 5.78 Å². The Balaban J connectivity index is 0.00000320. The van der Waals surface area contributed by atoms with Gasteiger partial charge in [0, 0.05) is 17.3 Å². The van der Waals surface area contributed by atoms with Gasteiger partial charge in [-0.15, -0.1) is 12.4 Å². The lowest BCUT2D eigenvalue weighted by Gasteiger charge is -2.20. The van der Waals surface area contributed by atoms with E-state index < -0.39 is 0 Å². The molecule has 3 nitrogen and oxygen atoms in total. The summed E-state index contributed by atoms with van der Waals surface area (Å²) in [5, 5.41) is 0. The number of carbonyl (C=O) groups is 1. The monoisotopic (exact) mass is 426 g/mol. The van der Waals surface area contributed by atoms with E-state index in [-0.39, 0.29) is 18.2 Å². The quantitative estimate of drug-likeness (QED) is 0.340. The van der Waals surface area contributed by atoms with Crippen LogP contribution in [0.4, 0.5) is 0 Å². The molecule has 0 aliphatic carbocycles. The lowest BCUT2D eigenvalue weighted by molar-refractivity contribution is 0.103. The molecule has 0 spiro atoms. The minimum absolute atomic E-state index is 0. The second kappa shape index (κ2) is 11.9. The van der Waals surface area contributed by atoms with E-state index in [2.05, 4.69) is 49.9 Å². The number of rotatable bonds is 11. The summed E-state index contributed by atoms with van der Waals surface area (Å²) in [6.07, 6.45) is 7.49. The highest BCUT2D eigenvalue weighted by Crippen LogP contribution is 2.21. The Morgan fingerprint density at radius 1 is 0.933 bits per heavy atom. The molecule has 0 aliphatic heterocycles. The molecule has 0 aliphatic rings. The summed E-state index contributed by atoms with van der Waals surface area (Å²) < 4.78 is 2.02. The molecule has 0 radical (unpaired) electrons. The lowest BCUT2D eigenvalue weighted by atomic mass is 10.0. The zero-order chi connectivity index (χ0) is 20.6. The highest BCUT2D eigenvalue weighted by Gasteiger charge is 2.18. The van der Waals surface area contributed by atoms with E-state index in [1.54, 1.807) is 0 Å². The van der Waals surface area contributed by atoms with E-state index in [1.807, 2.05) is 34.9 Å². The number of halogens is 1. The van der Waals surface area contributed by atoms with E-state index in [0.717, 1.165) is 48.1 Å². The molecule has 3 rings (SSSR count). The first-order valence-electron chi connectivity index (χ1n) is 11.1. The van der Waals surface area contributed by atoms with Crippen molar-refractivity contribution in [2.45, 2.75) is 52.9 Å². The molecule has 2 aromatic heterocycles. The SMILES string of the molecule is CCCN(CCC)CCCc1ccc(C(=O)c2c(CC)cc3ccccn23)cc1.Cl. The van der Waals surface area contributed by atoms with Crippen LogP contribution in [0.2, 0.25) is 0 Å². The number of hydrogen-bond donors (Lipinski definition) is 0. The van der Waals surface area contributed by atoms with Crippen molar-refractivity contribution in [3.63, 3.8) is 0 Å². The summed E-state index contributed by atoms with van der Waals surface area (Å²) in [5.41, 5.74) is 5.06. The van der Waals surface area contributed by atoms with Crippen molar-refractivity contribution in [1.82, 2.24) is 9.30 Å². The number of aryl methyl sites for hydroxylation is 2. The van der Waals surface area contributed by atoms with E-state index in [0.29, 0.717) is 0 Å². The maximum atomic E-state index is 13.2. The summed E-state index contributed by atoms with van der Waals surface area (Å²) in [6.45, 7) is 10.1. The summed E-state index contributed by atoms with van der Waals surface area (Å²) in [4.78, 5) is 15.8. The van der Waals surface area contributed by atoms with Gasteiger partial charge in [-0.05, 0) is 81.1 Å². The van der Waals surface area contributed by atoms with Gasteiger partial charge in [0.05, 0.1) is 5.69 Å². The zero-order valence-electron chi connectivity index (χ0n) is 18.6. The Morgan fingerprint density at radius 2 is 1.63 bits per heavy atom. The van der Waals surface area contributed by atoms with Crippen LogP contribution >= 0.6 is 12.4 Å². The molecule has 2 heterocycles. The van der Waals surface area contributed by atoms with Gasteiger partial charge in [0.25, 0.3) is 0 Å². The average molecular weight is 427 g/mol. The zero-order valence-corrected chi connectivity index (χ0v) is 19.4. The van der Waals surface area contributed by atoms with Crippen molar-refractivity contribution in [1.29, 1.82) is 0 Å². The van der Waals surface area contributed by atoms with Crippen LogP contribution in [0.3, 0.4) is 0 Å². The van der Waals surface area contributed by atoms with E-state index in [1.165, 1.54) is 31.5 Å². The van der Waals surface area contributed by atoms with Crippen molar-refractivity contribution in [2.75, 3.05) is 19.6 Å². The number of ketones is 1. The van der Waals surface area contributed by atoms with Crippen LogP contribution in [0.5, 0.6) is 0 Å². The van der Waals surface area contributed by atoms with Gasteiger partial charge in [-0.2, -0.15) is 0 Å². The number of nitrogens with zero attached hydrogens (tertiary/aromatic N) is 2. The third kappa shape index (κ3) is 5.74. The molecular weight excluding hydrogens is 392 g/mol. The molecule has 0 N–H and O–H groups in total. The van der Waals surface area contributed by atoms with Gasteiger partial charge in [0.15, 0.2) is 0 Å². The van der Waals surface area contributed by atoms with Gasteiger partial charge in [-0.1, -0.05) is 51.1 Å². The topological polar surface area (TPSA) is 24.7 Å². The number of benzene rings is 1. The summed E-state index contributed by atoms with van der Waals surface area (Å²) in [5.74, 6) is 0.108. The van der Waals surface area contributed by atoms with Crippen molar-refractivity contribution in [3.8, 4) is 0 Å². The predicted molar refractivity (Wildman–Crippen MR) is 129 cm³/mol. The van der Waals surface area contributed by atoms with Gasteiger partial charge in [-0.3, -0.25) is 4.79 Å². The van der Waals surface area contributed by atoms with Gasteiger partial charge >= 0.3 is 0 Å². The van der Waals surface area contributed by atoms with Gasteiger partial charge < -0.3 is 9.30 Å². The van der Waals surface area contributed by atoms with Crippen molar-refractivity contribution in [3.05, 3.63) is 77.1 Å². The number of pyridine rings is 1. The molecule has 4 heteroatoms. The molecule has 30 heavy (non-hydrogen) atoms. The van der Waals surface area contributed by atoms with Crippen molar-refractivity contribution < 1.29 is 4.79 Å². The molecule has 0 atom stereocenters. The highest BCUT2D eigenvalue weighted by atomic mass is 35.5. The van der Waals surface area contributed by atoms with Crippen LogP contribution in [0.1, 0.15) is 67.2 Å². The Morgan fingerprint density at radius 3 is 2.27 bits per heavy atom. The van der Waals surface area contributed by atoms with Crippen LogP contribution in [0.25, 0.3) is 5.52 Å². The third-order valence-corrected chi connectivity index (χ3v) is 5.59. The van der Waals surface area contributed by atoms with E-state index >= 15 is 0 Å². The van der Waals surface area contributed by atoms with Crippen molar-refractivity contribution in [2.24, 2.45) is 0 Å². The minimum atomic E-state index is 0. The summed E-state index contributed by atoms with van der Waals surface area (Å²) >= 11 is 0. The fraction of sp³-hybridized carbons (Fsp3) is 0.423. The fourth-order valence-electron chi connectivity index (χ4n) is 4.14. The first-order chi connectivity index (χ1) is 14.2. The van der Waals surface area contributed by atoms with Crippen LogP contribution in [-0.4, -0.2) is 34.7 Å². The largest absolute Gasteiger partial charge is 0.313 e. The summed E-state index contributed by atoms with van der Waals surface area (Å²) in [7, 11) is 0. The lowest BCUT2D eigenvalue weighted by Crippen LogP contribution is -2.26. The van der Waals surface area contributed by atoms with Crippen LogP contribution in [0.15, 0.2) is 54.7 Å². The predicted octanol–water partition coefficient (Wildman–Crippen LogP) is 6.21. The average Bonchev–Trinajstić information content (AvgIpc) is 3.13. The van der Waals surface area contributed by atoms with Crippen molar-refractivity contribution >= 4 is 23.7 Å². The molecule has 0 saturated carbocycles. The fourth-order valence-corrected chi connectivity index (χ4v) is 4.14. The standard InChI is InChI=1S/C26H34N2O.ClH/c1-4-16-27(17-5-2)18-9-10-21-12-14-23(15-13-21)26(29)25-22(6-3)20-24-11-7-8-19-28(24)25;/h7-8,11-15,19-20H,4-6,9-10,16-18H2,1-3H3;1H. The normalized spacial score (nSPS) is 11.1. The molecule has 0 unspecified atom stereocenters. The molecule has 3 aromatic rings. The second-order valence-corrected chi connectivity index (χ2v) is 7.84. The molecular formula is C26H35ClN2O. The Bertz CT molecular complexity index is 924. The summed E-state index contributed by atoms with van der Waals surface area (Å²) in [6, 6.07) is 16.4. The van der Waals surface area contributed by atoms with Gasteiger partial charge in [-0.25, -0.2) is 0 Å². The van der Waals surface area contributed by atoms with E-state index in [9.17, 15) is 4.79 Å². The van der Waals surface area contributed by atoms with E-state index in [4.69, 9.17) is 0 Å². The van der Waals surface area contributed by atoms with Crippen LogP contribution in [0, 0.1) is 0 Å². The maximum Gasteiger partial charge on any atom is 0.210 e. The Labute approximate surface area is 187 Å². The second-order valence-electron chi connectivity index (χ2n) is 7.84. The smallest absolute Gasteiger partial charge is 0.210 e. The Kier molecular flexibility index (Phi) is 9.61. The first-order valence-corrected chi connectivity index (χ1v) is 11.1. The van der Waals surface area contributed by atoms with Gasteiger partial charge in [0.1, 0.15) is 0 Å². The molecule has 0 amide bonds. The minimum Gasteiger partial charge on any atom is -0.313 e. The van der Waals surface area contributed by atoms with Crippen LogP contribution < -0.4 is 0 Å². The third-order valence-electron chi connectivity index (χ3n) is 5.59. The molecule has 0 bridgehead atoms. The first kappa shape index (κ1) is 24.2. The molecule has 0 fully saturated rings. The molecule has 0 saturated heterocycles. The highest BCUT2D eigenvalue weighted by molar-refractivity contribution is 6.09. The number of fused-ring (bicyclic) bond motifs is 1. The maximum absolute atomic E-state index is 13.2. The van der Waals surface area contributed by atoms with Crippen LogP contribution in [-0.2, 0) is 12.8 Å². The number of carbonyl (C=O) groups excluding carboxylic acids is 1. The molecule has 162 valence electrons. The molecule has 1 aromatic carbocycles. The number of hydrogen-bond acceptors (Lipinski definition) is 2.